The molecule has 0 aliphatic heterocycles. The SMILES string of the molecule is CN(C)Cc1cccc(C(O)CCN)c1. The fourth-order valence-corrected chi connectivity index (χ4v) is 1.59. The van der Waals surface area contributed by atoms with Crippen LogP contribution in [0.1, 0.15) is 23.7 Å². The summed E-state index contributed by atoms with van der Waals surface area (Å²) in [5.41, 5.74) is 7.59. The summed E-state index contributed by atoms with van der Waals surface area (Å²) in [4.78, 5) is 2.11. The predicted octanol–water partition coefficient (Wildman–Crippen LogP) is 1.13. The second kappa shape index (κ2) is 5.85. The summed E-state index contributed by atoms with van der Waals surface area (Å²) < 4.78 is 0. The largest absolute Gasteiger partial charge is 0.388 e. The van der Waals surface area contributed by atoms with E-state index in [1.165, 1.54) is 5.56 Å². The first-order valence-corrected chi connectivity index (χ1v) is 5.25. The Morgan fingerprint density at radius 2 is 2.13 bits per heavy atom. The molecule has 3 N–H and O–H groups in total. The smallest absolute Gasteiger partial charge is 0.0802 e. The van der Waals surface area contributed by atoms with Crippen LogP contribution >= 0.6 is 0 Å². The molecule has 0 aliphatic carbocycles. The van der Waals surface area contributed by atoms with Crippen LogP contribution in [0.25, 0.3) is 0 Å². The zero-order valence-electron chi connectivity index (χ0n) is 9.48. The highest BCUT2D eigenvalue weighted by Gasteiger charge is 2.06. The van der Waals surface area contributed by atoms with E-state index in [0.29, 0.717) is 13.0 Å². The molecular formula is C12H20N2O. The number of nitrogens with two attached hydrogens (primary N) is 1. The zero-order chi connectivity index (χ0) is 11.3. The third kappa shape index (κ3) is 4.00. The molecule has 0 spiro atoms. The van der Waals surface area contributed by atoms with Gasteiger partial charge in [0.2, 0.25) is 0 Å². The molecule has 3 nitrogen and oxygen atoms in total. The van der Waals surface area contributed by atoms with E-state index in [1.807, 2.05) is 32.3 Å². The van der Waals surface area contributed by atoms with Gasteiger partial charge < -0.3 is 15.7 Å². The van der Waals surface area contributed by atoms with E-state index < -0.39 is 6.10 Å². The molecule has 84 valence electrons. The molecule has 0 saturated heterocycles. The topological polar surface area (TPSA) is 49.5 Å². The van der Waals surface area contributed by atoms with Crippen LogP contribution in [0.3, 0.4) is 0 Å². The molecule has 0 aliphatic rings. The maximum absolute atomic E-state index is 9.79. The lowest BCUT2D eigenvalue weighted by atomic mass is 10.0. The number of aliphatic hydroxyl groups is 1. The van der Waals surface area contributed by atoms with Gasteiger partial charge in [0.15, 0.2) is 0 Å². The van der Waals surface area contributed by atoms with E-state index in [-0.39, 0.29) is 0 Å². The van der Waals surface area contributed by atoms with Gasteiger partial charge >= 0.3 is 0 Å². The van der Waals surface area contributed by atoms with Crippen molar-refractivity contribution in [2.24, 2.45) is 5.73 Å². The maximum Gasteiger partial charge on any atom is 0.0802 e. The lowest BCUT2D eigenvalue weighted by molar-refractivity contribution is 0.170. The highest BCUT2D eigenvalue weighted by Crippen LogP contribution is 2.17. The van der Waals surface area contributed by atoms with E-state index in [4.69, 9.17) is 5.73 Å². The molecule has 1 aromatic carbocycles. The van der Waals surface area contributed by atoms with E-state index in [1.54, 1.807) is 0 Å². The number of hydrogen-bond donors (Lipinski definition) is 2. The van der Waals surface area contributed by atoms with E-state index in [9.17, 15) is 5.11 Å². The molecule has 15 heavy (non-hydrogen) atoms. The predicted molar refractivity (Wildman–Crippen MR) is 62.5 cm³/mol. The van der Waals surface area contributed by atoms with Crippen LogP contribution in [-0.2, 0) is 6.54 Å². The van der Waals surface area contributed by atoms with E-state index in [0.717, 1.165) is 12.1 Å². The Morgan fingerprint density at radius 3 is 2.73 bits per heavy atom. The minimum Gasteiger partial charge on any atom is -0.388 e. The van der Waals surface area contributed by atoms with Gasteiger partial charge in [-0.25, -0.2) is 0 Å². The van der Waals surface area contributed by atoms with Gasteiger partial charge in [-0.15, -0.1) is 0 Å². The van der Waals surface area contributed by atoms with Crippen LogP contribution in [0.15, 0.2) is 24.3 Å². The third-order valence-corrected chi connectivity index (χ3v) is 2.27. The Labute approximate surface area is 91.5 Å². The van der Waals surface area contributed by atoms with Gasteiger partial charge in [0.05, 0.1) is 6.10 Å². The number of benzene rings is 1. The van der Waals surface area contributed by atoms with Gasteiger partial charge in [-0.3, -0.25) is 0 Å². The molecule has 0 amide bonds. The molecular weight excluding hydrogens is 188 g/mol. The quantitative estimate of drug-likeness (QED) is 0.762. The van der Waals surface area contributed by atoms with Crippen molar-refractivity contribution in [3.8, 4) is 0 Å². The maximum atomic E-state index is 9.79. The third-order valence-electron chi connectivity index (χ3n) is 2.27. The minimum absolute atomic E-state index is 0.433. The fourth-order valence-electron chi connectivity index (χ4n) is 1.59. The van der Waals surface area contributed by atoms with E-state index >= 15 is 0 Å². The Kier molecular flexibility index (Phi) is 4.75. The summed E-state index contributed by atoms with van der Waals surface area (Å²) in [6, 6.07) is 8.03. The molecule has 3 heteroatoms. The van der Waals surface area contributed by atoms with Gasteiger partial charge in [0, 0.05) is 6.54 Å². The highest BCUT2D eigenvalue weighted by atomic mass is 16.3. The van der Waals surface area contributed by atoms with Gasteiger partial charge in [-0.1, -0.05) is 24.3 Å². The van der Waals surface area contributed by atoms with Crippen molar-refractivity contribution in [3.63, 3.8) is 0 Å². The molecule has 0 radical (unpaired) electrons. The molecule has 0 saturated carbocycles. The summed E-state index contributed by atoms with van der Waals surface area (Å²) in [6.07, 6.45) is 0.183. The fraction of sp³-hybridized carbons (Fsp3) is 0.500. The lowest BCUT2D eigenvalue weighted by Gasteiger charge is -2.13. The summed E-state index contributed by atoms with van der Waals surface area (Å²) in [5, 5.41) is 9.79. The Hall–Kier alpha value is -0.900. The molecule has 1 aromatic rings. The average Bonchev–Trinajstić information content (AvgIpc) is 2.17. The first-order chi connectivity index (χ1) is 7.13. The highest BCUT2D eigenvalue weighted by molar-refractivity contribution is 5.25. The van der Waals surface area contributed by atoms with Gasteiger partial charge in [0.1, 0.15) is 0 Å². The number of aliphatic hydroxyl groups excluding tert-OH is 1. The standard InChI is InChI=1S/C12H20N2O/c1-14(2)9-10-4-3-5-11(8-10)12(15)6-7-13/h3-5,8,12,15H,6-7,9,13H2,1-2H3. The summed E-state index contributed by atoms with van der Waals surface area (Å²) in [7, 11) is 4.06. The van der Waals surface area contributed by atoms with Crippen LogP contribution < -0.4 is 5.73 Å². The average molecular weight is 208 g/mol. The molecule has 0 fully saturated rings. The molecule has 1 rings (SSSR count). The molecule has 0 bridgehead atoms. The number of rotatable bonds is 5. The van der Waals surface area contributed by atoms with Gasteiger partial charge in [-0.2, -0.15) is 0 Å². The van der Waals surface area contributed by atoms with Crippen molar-refractivity contribution in [3.05, 3.63) is 35.4 Å². The Balaban J connectivity index is 2.73. The molecule has 1 unspecified atom stereocenters. The molecule has 1 atom stereocenters. The monoisotopic (exact) mass is 208 g/mol. The van der Waals surface area contributed by atoms with E-state index in [2.05, 4.69) is 11.0 Å². The summed E-state index contributed by atoms with van der Waals surface area (Å²) in [5.74, 6) is 0. The van der Waals surface area contributed by atoms with Crippen molar-refractivity contribution < 1.29 is 5.11 Å². The summed E-state index contributed by atoms with van der Waals surface area (Å²) >= 11 is 0. The van der Waals surface area contributed by atoms with Crippen LogP contribution in [0.4, 0.5) is 0 Å². The van der Waals surface area contributed by atoms with Crippen LogP contribution in [-0.4, -0.2) is 30.6 Å². The first-order valence-electron chi connectivity index (χ1n) is 5.25. The van der Waals surface area contributed by atoms with Gasteiger partial charge in [0.25, 0.3) is 0 Å². The van der Waals surface area contributed by atoms with Gasteiger partial charge in [-0.05, 0) is 38.2 Å². The van der Waals surface area contributed by atoms with Crippen molar-refractivity contribution in [2.45, 2.75) is 19.1 Å². The Bertz CT molecular complexity index is 299. The lowest BCUT2D eigenvalue weighted by Crippen LogP contribution is -2.11. The van der Waals surface area contributed by atoms with Crippen LogP contribution in [0, 0.1) is 0 Å². The second-order valence-corrected chi connectivity index (χ2v) is 4.08. The summed E-state index contributed by atoms with van der Waals surface area (Å²) in [6.45, 7) is 1.41. The molecule has 0 aromatic heterocycles. The molecule has 0 heterocycles. The normalized spacial score (nSPS) is 13.1. The van der Waals surface area contributed by atoms with Crippen LogP contribution in [0.5, 0.6) is 0 Å². The second-order valence-electron chi connectivity index (χ2n) is 4.08. The number of nitrogens with zero attached hydrogens (tertiary/aromatic N) is 1. The Morgan fingerprint density at radius 1 is 1.40 bits per heavy atom. The number of hydrogen-bond acceptors (Lipinski definition) is 3. The van der Waals surface area contributed by atoms with Crippen LogP contribution in [0.2, 0.25) is 0 Å². The minimum atomic E-state index is -0.433. The first kappa shape index (κ1) is 12.2. The van der Waals surface area contributed by atoms with Crippen molar-refractivity contribution in [1.82, 2.24) is 4.90 Å². The zero-order valence-corrected chi connectivity index (χ0v) is 9.48. The van der Waals surface area contributed by atoms with Crippen molar-refractivity contribution in [2.75, 3.05) is 20.6 Å². The van der Waals surface area contributed by atoms with Crippen molar-refractivity contribution in [1.29, 1.82) is 0 Å². The van der Waals surface area contributed by atoms with Crippen molar-refractivity contribution >= 4 is 0 Å².